The molecule has 138 valence electrons. The summed E-state index contributed by atoms with van der Waals surface area (Å²) in [6.45, 7) is 0.462. The maximum Gasteiger partial charge on any atom is 0.408 e. The molecular formula is C25H21NO2. The second-order valence-corrected chi connectivity index (χ2v) is 6.92. The molecule has 1 amide bonds. The van der Waals surface area contributed by atoms with E-state index in [1.165, 1.54) is 0 Å². The zero-order valence-corrected chi connectivity index (χ0v) is 15.5. The molecule has 0 spiro atoms. The standard InChI is InChI=1S/C25H21NO2/c27-24(26-19-22-9-5-2-6-10-22)28-25(17-18-25)23-15-13-21(14-16-23)12-11-20-7-3-1-4-8-20/h1-10,13-16H,17-19H2,(H,26,27). The molecule has 1 aliphatic carbocycles. The van der Waals surface area contributed by atoms with E-state index in [9.17, 15) is 4.79 Å². The van der Waals surface area contributed by atoms with Gasteiger partial charge in [0.15, 0.2) is 0 Å². The Labute approximate surface area is 165 Å². The van der Waals surface area contributed by atoms with E-state index in [0.717, 1.165) is 35.1 Å². The van der Waals surface area contributed by atoms with Gasteiger partial charge in [-0.15, -0.1) is 0 Å². The van der Waals surface area contributed by atoms with Crippen LogP contribution in [0.15, 0.2) is 84.9 Å². The predicted molar refractivity (Wildman–Crippen MR) is 110 cm³/mol. The number of hydrogen-bond donors (Lipinski definition) is 1. The fraction of sp³-hybridized carbons (Fsp3) is 0.160. The second kappa shape index (κ2) is 8.02. The van der Waals surface area contributed by atoms with Crippen LogP contribution in [-0.2, 0) is 16.9 Å². The van der Waals surface area contributed by atoms with Gasteiger partial charge in [-0.3, -0.25) is 0 Å². The summed E-state index contributed by atoms with van der Waals surface area (Å²) < 4.78 is 5.74. The highest BCUT2D eigenvalue weighted by molar-refractivity contribution is 5.68. The van der Waals surface area contributed by atoms with Crippen molar-refractivity contribution in [3.8, 4) is 11.8 Å². The highest BCUT2D eigenvalue weighted by Crippen LogP contribution is 2.49. The first kappa shape index (κ1) is 17.9. The Balaban J connectivity index is 1.37. The van der Waals surface area contributed by atoms with Gasteiger partial charge in [-0.25, -0.2) is 4.79 Å². The van der Waals surface area contributed by atoms with Gasteiger partial charge < -0.3 is 10.1 Å². The molecule has 1 N–H and O–H groups in total. The number of ether oxygens (including phenoxy) is 1. The molecule has 3 aromatic carbocycles. The lowest BCUT2D eigenvalue weighted by molar-refractivity contribution is 0.0809. The lowest BCUT2D eigenvalue weighted by Crippen LogP contribution is -2.28. The third-order valence-corrected chi connectivity index (χ3v) is 4.81. The van der Waals surface area contributed by atoms with E-state index in [1.807, 2.05) is 84.9 Å². The van der Waals surface area contributed by atoms with Crippen LogP contribution in [0.4, 0.5) is 4.79 Å². The molecule has 1 aliphatic rings. The number of rotatable bonds is 4. The van der Waals surface area contributed by atoms with Gasteiger partial charge >= 0.3 is 6.09 Å². The van der Waals surface area contributed by atoms with E-state index in [4.69, 9.17) is 4.74 Å². The highest BCUT2D eigenvalue weighted by atomic mass is 16.6. The Kier molecular flexibility index (Phi) is 5.12. The number of carbonyl (C=O) groups is 1. The molecule has 0 radical (unpaired) electrons. The summed E-state index contributed by atoms with van der Waals surface area (Å²) in [5.74, 6) is 6.32. The Morgan fingerprint density at radius 2 is 1.39 bits per heavy atom. The molecule has 1 fully saturated rings. The van der Waals surface area contributed by atoms with Crippen LogP contribution in [0.3, 0.4) is 0 Å². The first-order valence-electron chi connectivity index (χ1n) is 9.42. The van der Waals surface area contributed by atoms with Gasteiger partial charge in [0, 0.05) is 17.7 Å². The zero-order valence-electron chi connectivity index (χ0n) is 15.5. The number of carbonyl (C=O) groups excluding carboxylic acids is 1. The summed E-state index contributed by atoms with van der Waals surface area (Å²) in [7, 11) is 0. The SMILES string of the molecule is O=C(NCc1ccccc1)OC1(c2ccc(C#Cc3ccccc3)cc2)CC1. The second-order valence-electron chi connectivity index (χ2n) is 6.92. The summed E-state index contributed by atoms with van der Waals surface area (Å²) in [6.07, 6.45) is 1.32. The lowest BCUT2D eigenvalue weighted by Gasteiger charge is -2.17. The molecule has 0 aromatic heterocycles. The van der Waals surface area contributed by atoms with Gasteiger partial charge in [0.2, 0.25) is 0 Å². The van der Waals surface area contributed by atoms with Crippen LogP contribution >= 0.6 is 0 Å². The van der Waals surface area contributed by atoms with Crippen molar-refractivity contribution in [1.82, 2.24) is 5.32 Å². The van der Waals surface area contributed by atoms with Crippen molar-refractivity contribution in [2.45, 2.75) is 25.0 Å². The monoisotopic (exact) mass is 367 g/mol. The number of nitrogens with one attached hydrogen (secondary N) is 1. The van der Waals surface area contributed by atoms with E-state index in [0.29, 0.717) is 6.54 Å². The van der Waals surface area contributed by atoms with E-state index in [-0.39, 0.29) is 6.09 Å². The molecule has 0 atom stereocenters. The van der Waals surface area contributed by atoms with Gasteiger partial charge in [0.05, 0.1) is 0 Å². The number of hydrogen-bond acceptors (Lipinski definition) is 2. The molecule has 28 heavy (non-hydrogen) atoms. The van der Waals surface area contributed by atoms with Crippen LogP contribution in [0.1, 0.15) is 35.1 Å². The van der Waals surface area contributed by atoms with Crippen LogP contribution in [0.25, 0.3) is 0 Å². The molecule has 0 saturated heterocycles. The normalized spacial score (nSPS) is 13.7. The Morgan fingerprint density at radius 1 is 0.821 bits per heavy atom. The van der Waals surface area contributed by atoms with Crippen LogP contribution in [0, 0.1) is 11.8 Å². The van der Waals surface area contributed by atoms with Crippen molar-refractivity contribution in [3.05, 3.63) is 107 Å². The van der Waals surface area contributed by atoms with Crippen LogP contribution < -0.4 is 5.32 Å². The van der Waals surface area contributed by atoms with Crippen molar-refractivity contribution < 1.29 is 9.53 Å². The fourth-order valence-corrected chi connectivity index (χ4v) is 3.07. The average molecular weight is 367 g/mol. The minimum Gasteiger partial charge on any atom is -0.438 e. The predicted octanol–water partition coefficient (Wildman–Crippen LogP) is 5.00. The summed E-state index contributed by atoms with van der Waals surface area (Å²) in [4.78, 5) is 12.2. The first-order valence-corrected chi connectivity index (χ1v) is 9.42. The van der Waals surface area contributed by atoms with Gasteiger partial charge in [0.25, 0.3) is 0 Å². The number of amides is 1. The van der Waals surface area contributed by atoms with Gasteiger partial charge in [-0.05, 0) is 48.2 Å². The van der Waals surface area contributed by atoms with Crippen molar-refractivity contribution in [2.24, 2.45) is 0 Å². The third kappa shape index (κ3) is 4.42. The summed E-state index contributed by atoms with van der Waals surface area (Å²) >= 11 is 0. The topological polar surface area (TPSA) is 38.3 Å². The fourth-order valence-electron chi connectivity index (χ4n) is 3.07. The van der Waals surface area contributed by atoms with Gasteiger partial charge in [0.1, 0.15) is 5.60 Å². The Bertz CT molecular complexity index is 995. The van der Waals surface area contributed by atoms with Gasteiger partial charge in [-0.1, -0.05) is 72.5 Å². The maximum atomic E-state index is 12.2. The molecule has 0 aliphatic heterocycles. The van der Waals surface area contributed by atoms with E-state index < -0.39 is 5.60 Å². The quantitative estimate of drug-likeness (QED) is 0.659. The van der Waals surface area contributed by atoms with E-state index >= 15 is 0 Å². The minimum absolute atomic E-state index is 0.380. The highest BCUT2D eigenvalue weighted by Gasteiger charge is 2.48. The zero-order chi connectivity index (χ0) is 19.2. The third-order valence-electron chi connectivity index (χ3n) is 4.81. The molecule has 0 bridgehead atoms. The number of benzene rings is 3. The molecule has 0 unspecified atom stereocenters. The minimum atomic E-state index is -0.494. The van der Waals surface area contributed by atoms with Crippen LogP contribution in [0.2, 0.25) is 0 Å². The molecule has 0 heterocycles. The summed E-state index contributed by atoms with van der Waals surface area (Å²) in [5, 5.41) is 2.83. The largest absolute Gasteiger partial charge is 0.438 e. The molecule has 1 saturated carbocycles. The summed E-state index contributed by atoms with van der Waals surface area (Å²) in [5.41, 5.74) is 3.51. The van der Waals surface area contributed by atoms with Crippen molar-refractivity contribution in [2.75, 3.05) is 0 Å². The number of alkyl carbamates (subject to hydrolysis) is 1. The Hall–Kier alpha value is -3.51. The first-order chi connectivity index (χ1) is 13.7. The Morgan fingerprint density at radius 3 is 2.00 bits per heavy atom. The summed E-state index contributed by atoms with van der Waals surface area (Å²) in [6, 6.07) is 27.7. The lowest BCUT2D eigenvalue weighted by atomic mass is 10.1. The van der Waals surface area contributed by atoms with E-state index in [2.05, 4.69) is 17.2 Å². The van der Waals surface area contributed by atoms with Gasteiger partial charge in [-0.2, -0.15) is 0 Å². The van der Waals surface area contributed by atoms with Crippen molar-refractivity contribution in [1.29, 1.82) is 0 Å². The molecule has 3 heteroatoms. The van der Waals surface area contributed by atoms with Crippen LogP contribution in [0.5, 0.6) is 0 Å². The molecule has 3 aromatic rings. The molecule has 4 rings (SSSR count). The van der Waals surface area contributed by atoms with E-state index in [1.54, 1.807) is 0 Å². The smallest absolute Gasteiger partial charge is 0.408 e. The van der Waals surface area contributed by atoms with Crippen LogP contribution in [-0.4, -0.2) is 6.09 Å². The maximum absolute atomic E-state index is 12.2. The molecule has 3 nitrogen and oxygen atoms in total. The molecular weight excluding hydrogens is 346 g/mol. The van der Waals surface area contributed by atoms with Crippen molar-refractivity contribution in [3.63, 3.8) is 0 Å². The average Bonchev–Trinajstić information content (AvgIpc) is 3.53. The van der Waals surface area contributed by atoms with Crippen molar-refractivity contribution >= 4 is 6.09 Å².